The van der Waals surface area contributed by atoms with Gasteiger partial charge in [-0.1, -0.05) is 0 Å². The molecule has 0 spiro atoms. The fourth-order valence-corrected chi connectivity index (χ4v) is 5.98. The lowest BCUT2D eigenvalue weighted by atomic mass is 9.83. The van der Waals surface area contributed by atoms with Crippen LogP contribution in [0.15, 0.2) is 18.5 Å². The van der Waals surface area contributed by atoms with E-state index in [0.29, 0.717) is 25.4 Å². The zero-order valence-corrected chi connectivity index (χ0v) is 20.1. The fraction of sp³-hybridized carbons (Fsp3) is 0.615. The Labute approximate surface area is 200 Å². The number of aromatic nitrogens is 4. The number of amides is 1. The number of aromatic amines is 1. The Kier molecular flexibility index (Phi) is 6.07. The third kappa shape index (κ3) is 4.29. The zero-order chi connectivity index (χ0) is 23.9. The van der Waals surface area contributed by atoms with Gasteiger partial charge >= 0.3 is 0 Å². The predicted molar refractivity (Wildman–Crippen MR) is 130 cm³/mol. The molecule has 1 saturated heterocycles. The van der Waals surface area contributed by atoms with Crippen LogP contribution >= 0.6 is 0 Å². The molecule has 2 fully saturated rings. The van der Waals surface area contributed by atoms with Gasteiger partial charge in [0.05, 0.1) is 29.8 Å². The third-order valence-corrected chi connectivity index (χ3v) is 8.02. The number of hydrogen-bond donors (Lipinski definition) is 2. The first-order valence-electron chi connectivity index (χ1n) is 12.5. The summed E-state index contributed by atoms with van der Waals surface area (Å²) in [7, 11) is 0. The number of imidazole rings is 1. The molecule has 2 N–H and O–H groups in total. The molecule has 0 aromatic carbocycles. The minimum Gasteiger partial charge on any atom is -0.390 e. The second-order valence-corrected chi connectivity index (χ2v) is 10.7. The molecular formula is C26H34N6O2. The molecule has 2 aliphatic rings. The summed E-state index contributed by atoms with van der Waals surface area (Å²) >= 11 is 0. The van der Waals surface area contributed by atoms with Crippen molar-refractivity contribution in [2.75, 3.05) is 13.1 Å². The molecule has 1 aliphatic heterocycles. The third-order valence-electron chi connectivity index (χ3n) is 8.02. The van der Waals surface area contributed by atoms with Crippen LogP contribution in [0.25, 0.3) is 22.1 Å². The zero-order valence-electron chi connectivity index (χ0n) is 20.1. The number of likely N-dealkylation sites (tertiary alicyclic amines) is 1. The summed E-state index contributed by atoms with van der Waals surface area (Å²) in [6, 6.07) is 4.63. The summed E-state index contributed by atoms with van der Waals surface area (Å²) in [4.78, 5) is 27.9. The first-order valence-corrected chi connectivity index (χ1v) is 12.5. The SMILES string of the molecule is CC(C)(O)C1CCN(C(=O)Cc2nc3cnc4[nH]ccc4c3n2[C@H]2CC[C@@H](CC#N)CC2)CC1. The fourth-order valence-electron chi connectivity index (χ4n) is 5.98. The second-order valence-electron chi connectivity index (χ2n) is 10.7. The Bertz CT molecular complexity index is 1210. The number of carbonyl (C=O) groups is 1. The summed E-state index contributed by atoms with van der Waals surface area (Å²) in [6.45, 7) is 5.07. The van der Waals surface area contributed by atoms with Crippen molar-refractivity contribution in [2.24, 2.45) is 11.8 Å². The van der Waals surface area contributed by atoms with Crippen LogP contribution in [0.5, 0.6) is 0 Å². The molecule has 0 bridgehead atoms. The van der Waals surface area contributed by atoms with Crippen LogP contribution in [0.4, 0.5) is 0 Å². The van der Waals surface area contributed by atoms with Gasteiger partial charge < -0.3 is 19.6 Å². The lowest BCUT2D eigenvalue weighted by Crippen LogP contribution is -2.44. The van der Waals surface area contributed by atoms with Crippen LogP contribution in [0.1, 0.15) is 70.7 Å². The van der Waals surface area contributed by atoms with Gasteiger partial charge in [-0.05, 0) is 70.3 Å². The number of carbonyl (C=O) groups excluding carboxylic acids is 1. The van der Waals surface area contributed by atoms with E-state index < -0.39 is 5.60 Å². The maximum atomic E-state index is 13.3. The largest absolute Gasteiger partial charge is 0.390 e. The van der Waals surface area contributed by atoms with Crippen LogP contribution < -0.4 is 0 Å². The molecule has 180 valence electrons. The van der Waals surface area contributed by atoms with E-state index in [1.807, 2.05) is 31.0 Å². The number of piperidine rings is 1. The van der Waals surface area contributed by atoms with Gasteiger partial charge in [-0.2, -0.15) is 5.26 Å². The number of hydrogen-bond acceptors (Lipinski definition) is 5. The number of fused-ring (bicyclic) bond motifs is 3. The molecule has 1 amide bonds. The lowest BCUT2D eigenvalue weighted by Gasteiger charge is -2.38. The van der Waals surface area contributed by atoms with Crippen molar-refractivity contribution in [3.8, 4) is 6.07 Å². The molecule has 8 heteroatoms. The minimum atomic E-state index is -0.706. The summed E-state index contributed by atoms with van der Waals surface area (Å²) in [5.41, 5.74) is 2.01. The Balaban J connectivity index is 1.43. The van der Waals surface area contributed by atoms with Gasteiger partial charge in [0.1, 0.15) is 17.0 Å². The summed E-state index contributed by atoms with van der Waals surface area (Å²) in [5, 5.41) is 20.5. The number of aliphatic hydroxyl groups is 1. The van der Waals surface area contributed by atoms with Gasteiger partial charge in [0.25, 0.3) is 0 Å². The maximum Gasteiger partial charge on any atom is 0.230 e. The Morgan fingerprint density at radius 1 is 1.24 bits per heavy atom. The number of rotatable bonds is 5. The van der Waals surface area contributed by atoms with E-state index in [1.54, 1.807) is 6.20 Å². The first-order chi connectivity index (χ1) is 16.3. The highest BCUT2D eigenvalue weighted by atomic mass is 16.3. The van der Waals surface area contributed by atoms with Crippen LogP contribution in [-0.4, -0.2) is 54.1 Å². The van der Waals surface area contributed by atoms with Gasteiger partial charge in [0.15, 0.2) is 0 Å². The second kappa shape index (κ2) is 9.03. The number of pyridine rings is 1. The van der Waals surface area contributed by atoms with E-state index in [2.05, 4.69) is 20.6 Å². The minimum absolute atomic E-state index is 0.0993. The molecule has 34 heavy (non-hydrogen) atoms. The molecule has 5 rings (SSSR count). The van der Waals surface area contributed by atoms with E-state index in [1.165, 1.54) is 0 Å². The molecule has 1 saturated carbocycles. The number of nitrogens with zero attached hydrogens (tertiary/aromatic N) is 5. The monoisotopic (exact) mass is 462 g/mol. The summed E-state index contributed by atoms with van der Waals surface area (Å²) in [5.74, 6) is 1.59. The van der Waals surface area contributed by atoms with Gasteiger partial charge in [0, 0.05) is 37.1 Å². The van der Waals surface area contributed by atoms with Crippen molar-refractivity contribution in [3.63, 3.8) is 0 Å². The Morgan fingerprint density at radius 3 is 2.65 bits per heavy atom. The predicted octanol–water partition coefficient (Wildman–Crippen LogP) is 4.11. The summed E-state index contributed by atoms with van der Waals surface area (Å²) in [6.07, 6.45) is 10.3. The van der Waals surface area contributed by atoms with E-state index >= 15 is 0 Å². The van der Waals surface area contributed by atoms with Crippen LogP contribution in [0, 0.1) is 23.2 Å². The molecule has 0 radical (unpaired) electrons. The molecular weight excluding hydrogens is 428 g/mol. The molecule has 3 aromatic heterocycles. The molecule has 4 heterocycles. The van der Waals surface area contributed by atoms with Gasteiger partial charge in [-0.3, -0.25) is 4.79 Å². The highest BCUT2D eigenvalue weighted by Crippen LogP contribution is 2.38. The van der Waals surface area contributed by atoms with Gasteiger partial charge in [-0.15, -0.1) is 0 Å². The van der Waals surface area contributed by atoms with E-state index in [0.717, 1.165) is 66.4 Å². The first kappa shape index (κ1) is 22.9. The topological polar surface area (TPSA) is 111 Å². The molecule has 8 nitrogen and oxygen atoms in total. The van der Waals surface area contributed by atoms with Crippen molar-refractivity contribution in [1.82, 2.24) is 24.4 Å². The van der Waals surface area contributed by atoms with Crippen LogP contribution in [-0.2, 0) is 11.2 Å². The maximum absolute atomic E-state index is 13.3. The standard InChI is InChI=1S/C26H34N6O2/c1-26(2,34)18-9-13-31(14-10-18)23(33)15-22-30-21-16-29-25-20(8-12-28-25)24(21)32(22)19-5-3-17(4-6-19)7-11-27/h8,12,16-19,34H,3-7,9-10,13-15H2,1-2H3,(H,28,29)/t17-,19+. The van der Waals surface area contributed by atoms with Gasteiger partial charge in [0.2, 0.25) is 5.91 Å². The summed E-state index contributed by atoms with van der Waals surface area (Å²) < 4.78 is 2.30. The molecule has 0 atom stereocenters. The Hall–Kier alpha value is -2.92. The van der Waals surface area contributed by atoms with Crippen molar-refractivity contribution in [2.45, 2.75) is 76.9 Å². The highest BCUT2D eigenvalue weighted by molar-refractivity contribution is 6.01. The molecule has 1 aliphatic carbocycles. The average molecular weight is 463 g/mol. The quantitative estimate of drug-likeness (QED) is 0.593. The van der Waals surface area contributed by atoms with Crippen molar-refractivity contribution in [3.05, 3.63) is 24.3 Å². The van der Waals surface area contributed by atoms with E-state index in [-0.39, 0.29) is 24.3 Å². The normalized spacial score (nSPS) is 22.4. The lowest BCUT2D eigenvalue weighted by molar-refractivity contribution is -0.133. The van der Waals surface area contributed by atoms with Crippen LogP contribution in [0.3, 0.4) is 0 Å². The average Bonchev–Trinajstić information content (AvgIpc) is 3.43. The van der Waals surface area contributed by atoms with Crippen molar-refractivity contribution < 1.29 is 9.90 Å². The number of H-pyrrole nitrogens is 1. The Morgan fingerprint density at radius 2 is 1.97 bits per heavy atom. The number of nitrogens with one attached hydrogen (secondary N) is 1. The van der Waals surface area contributed by atoms with Crippen molar-refractivity contribution in [1.29, 1.82) is 5.26 Å². The highest BCUT2D eigenvalue weighted by Gasteiger charge is 2.33. The van der Waals surface area contributed by atoms with Crippen LogP contribution in [0.2, 0.25) is 0 Å². The molecule has 3 aromatic rings. The van der Waals surface area contributed by atoms with Gasteiger partial charge in [-0.25, -0.2) is 9.97 Å². The van der Waals surface area contributed by atoms with Crippen molar-refractivity contribution >= 4 is 28.0 Å². The van der Waals surface area contributed by atoms with E-state index in [4.69, 9.17) is 10.2 Å². The smallest absolute Gasteiger partial charge is 0.230 e. The molecule has 0 unspecified atom stereocenters. The van der Waals surface area contributed by atoms with E-state index in [9.17, 15) is 9.90 Å². The number of nitriles is 1.